The molecule has 2 aromatic rings. The maximum atomic E-state index is 5.45. The van der Waals surface area contributed by atoms with E-state index in [2.05, 4.69) is 68.6 Å². The van der Waals surface area contributed by atoms with Crippen LogP contribution in [0.5, 0.6) is 5.75 Å². The van der Waals surface area contributed by atoms with E-state index in [-0.39, 0.29) is 6.04 Å². The zero-order chi connectivity index (χ0) is 14.5. The molecule has 0 radical (unpaired) electrons. The second-order valence-electron chi connectivity index (χ2n) is 5.13. The van der Waals surface area contributed by atoms with E-state index in [1.165, 1.54) is 16.7 Å². The molecular formula is C18H23NO. The molecular weight excluding hydrogens is 246 g/mol. The van der Waals surface area contributed by atoms with Gasteiger partial charge < -0.3 is 10.1 Å². The van der Waals surface area contributed by atoms with E-state index in [1.807, 2.05) is 0 Å². The molecule has 2 nitrogen and oxygen atoms in total. The van der Waals surface area contributed by atoms with Gasteiger partial charge in [-0.1, -0.05) is 48.9 Å². The van der Waals surface area contributed by atoms with Gasteiger partial charge in [0.25, 0.3) is 0 Å². The zero-order valence-corrected chi connectivity index (χ0v) is 12.7. The Kier molecular flexibility index (Phi) is 4.80. The Morgan fingerprint density at radius 1 is 1.05 bits per heavy atom. The van der Waals surface area contributed by atoms with E-state index >= 15 is 0 Å². The number of rotatable bonds is 5. The molecule has 2 aromatic carbocycles. The summed E-state index contributed by atoms with van der Waals surface area (Å²) in [5, 5.41) is 3.56. The van der Waals surface area contributed by atoms with Crippen molar-refractivity contribution in [2.45, 2.75) is 26.8 Å². The van der Waals surface area contributed by atoms with Gasteiger partial charge >= 0.3 is 0 Å². The molecule has 0 saturated heterocycles. The van der Waals surface area contributed by atoms with Crippen molar-refractivity contribution in [1.82, 2.24) is 5.32 Å². The molecule has 0 bridgehead atoms. The van der Waals surface area contributed by atoms with E-state index in [0.717, 1.165) is 17.9 Å². The molecule has 106 valence electrons. The first-order valence-corrected chi connectivity index (χ1v) is 7.10. The Balaban J connectivity index is 2.42. The van der Waals surface area contributed by atoms with Crippen LogP contribution in [0.1, 0.15) is 35.2 Å². The van der Waals surface area contributed by atoms with Gasteiger partial charge in [0.1, 0.15) is 5.75 Å². The smallest absolute Gasteiger partial charge is 0.122 e. The summed E-state index contributed by atoms with van der Waals surface area (Å²) in [6.07, 6.45) is 0. The Morgan fingerprint density at radius 2 is 1.80 bits per heavy atom. The van der Waals surface area contributed by atoms with Crippen LogP contribution in [-0.2, 0) is 0 Å². The first-order chi connectivity index (χ1) is 9.65. The molecule has 0 aliphatic rings. The third-order valence-electron chi connectivity index (χ3n) is 3.55. The topological polar surface area (TPSA) is 21.3 Å². The van der Waals surface area contributed by atoms with Gasteiger partial charge in [0.15, 0.2) is 0 Å². The fraction of sp³-hybridized carbons (Fsp3) is 0.333. The summed E-state index contributed by atoms with van der Waals surface area (Å²) in [7, 11) is 1.72. The summed E-state index contributed by atoms with van der Waals surface area (Å²) in [5.74, 6) is 0.943. The molecule has 1 atom stereocenters. The molecule has 0 saturated carbocycles. The van der Waals surface area contributed by atoms with Crippen LogP contribution in [0.25, 0.3) is 0 Å². The van der Waals surface area contributed by atoms with Crippen LogP contribution in [-0.4, -0.2) is 13.7 Å². The molecule has 0 aliphatic heterocycles. The largest absolute Gasteiger partial charge is 0.496 e. The predicted molar refractivity (Wildman–Crippen MR) is 84.4 cm³/mol. The molecule has 1 N–H and O–H groups in total. The second-order valence-corrected chi connectivity index (χ2v) is 5.13. The van der Waals surface area contributed by atoms with Gasteiger partial charge in [0.05, 0.1) is 13.2 Å². The van der Waals surface area contributed by atoms with Gasteiger partial charge in [0.2, 0.25) is 0 Å². The summed E-state index contributed by atoms with van der Waals surface area (Å²) < 4.78 is 5.45. The fourth-order valence-corrected chi connectivity index (χ4v) is 2.50. The van der Waals surface area contributed by atoms with E-state index in [0.29, 0.717) is 0 Å². The fourth-order valence-electron chi connectivity index (χ4n) is 2.50. The van der Waals surface area contributed by atoms with Gasteiger partial charge in [-0.2, -0.15) is 0 Å². The summed E-state index contributed by atoms with van der Waals surface area (Å²) >= 11 is 0. The van der Waals surface area contributed by atoms with Gasteiger partial charge in [-0.05, 0) is 43.1 Å². The van der Waals surface area contributed by atoms with Crippen LogP contribution >= 0.6 is 0 Å². The lowest BCUT2D eigenvalue weighted by Gasteiger charge is -2.20. The number of hydrogen-bond acceptors (Lipinski definition) is 2. The number of hydrogen-bond donors (Lipinski definition) is 1. The van der Waals surface area contributed by atoms with Crippen LogP contribution in [0.3, 0.4) is 0 Å². The van der Waals surface area contributed by atoms with Crippen molar-refractivity contribution in [2.75, 3.05) is 13.7 Å². The van der Waals surface area contributed by atoms with Crippen molar-refractivity contribution in [2.24, 2.45) is 0 Å². The molecule has 2 heteroatoms. The minimum Gasteiger partial charge on any atom is -0.496 e. The first kappa shape index (κ1) is 14.6. The summed E-state index contributed by atoms with van der Waals surface area (Å²) in [5.41, 5.74) is 4.97. The molecule has 1 unspecified atom stereocenters. The average Bonchev–Trinajstić information content (AvgIpc) is 2.45. The van der Waals surface area contributed by atoms with Crippen LogP contribution < -0.4 is 10.1 Å². The molecule has 0 aromatic heterocycles. The third-order valence-corrected chi connectivity index (χ3v) is 3.55. The SMILES string of the molecule is CCNC(c1cccc(C)c1)c1ccc(C)c(OC)c1. The van der Waals surface area contributed by atoms with Crippen molar-refractivity contribution < 1.29 is 4.74 Å². The van der Waals surface area contributed by atoms with E-state index in [9.17, 15) is 0 Å². The van der Waals surface area contributed by atoms with E-state index < -0.39 is 0 Å². The van der Waals surface area contributed by atoms with Crippen LogP contribution in [0.4, 0.5) is 0 Å². The predicted octanol–water partition coefficient (Wildman–Crippen LogP) is 4.01. The highest BCUT2D eigenvalue weighted by atomic mass is 16.5. The van der Waals surface area contributed by atoms with Gasteiger partial charge in [-0.25, -0.2) is 0 Å². The Bertz CT molecular complexity index is 577. The zero-order valence-electron chi connectivity index (χ0n) is 12.7. The van der Waals surface area contributed by atoms with Gasteiger partial charge in [0, 0.05) is 0 Å². The van der Waals surface area contributed by atoms with Gasteiger partial charge in [-0.3, -0.25) is 0 Å². The number of nitrogens with one attached hydrogen (secondary N) is 1. The number of ether oxygens (including phenoxy) is 1. The highest BCUT2D eigenvalue weighted by Crippen LogP contribution is 2.27. The van der Waals surface area contributed by atoms with Crippen molar-refractivity contribution in [3.63, 3.8) is 0 Å². The third kappa shape index (κ3) is 3.20. The van der Waals surface area contributed by atoms with Crippen molar-refractivity contribution in [3.8, 4) is 5.75 Å². The highest BCUT2D eigenvalue weighted by molar-refractivity contribution is 5.41. The lowest BCUT2D eigenvalue weighted by atomic mass is 9.96. The molecule has 2 rings (SSSR count). The Morgan fingerprint density at radius 3 is 2.45 bits per heavy atom. The summed E-state index contributed by atoms with van der Waals surface area (Å²) in [6.45, 7) is 7.25. The summed E-state index contributed by atoms with van der Waals surface area (Å²) in [6, 6.07) is 15.3. The first-order valence-electron chi connectivity index (χ1n) is 7.10. The maximum Gasteiger partial charge on any atom is 0.122 e. The quantitative estimate of drug-likeness (QED) is 0.885. The van der Waals surface area contributed by atoms with E-state index in [1.54, 1.807) is 7.11 Å². The Labute approximate surface area is 121 Å². The van der Waals surface area contributed by atoms with Crippen molar-refractivity contribution >= 4 is 0 Å². The minimum absolute atomic E-state index is 0.203. The molecule has 0 heterocycles. The highest BCUT2D eigenvalue weighted by Gasteiger charge is 2.14. The van der Waals surface area contributed by atoms with Crippen LogP contribution in [0.2, 0.25) is 0 Å². The standard InChI is InChI=1S/C18H23NO/c1-5-19-18(15-8-6-7-13(2)11-15)16-10-9-14(3)17(12-16)20-4/h6-12,18-19H,5H2,1-4H3. The molecule has 0 fully saturated rings. The van der Waals surface area contributed by atoms with Crippen molar-refractivity contribution in [3.05, 3.63) is 64.7 Å². The van der Waals surface area contributed by atoms with E-state index in [4.69, 9.17) is 4.74 Å². The lowest BCUT2D eigenvalue weighted by molar-refractivity contribution is 0.410. The van der Waals surface area contributed by atoms with Gasteiger partial charge in [-0.15, -0.1) is 0 Å². The summed E-state index contributed by atoms with van der Waals surface area (Å²) in [4.78, 5) is 0. The average molecular weight is 269 g/mol. The van der Waals surface area contributed by atoms with Crippen LogP contribution in [0.15, 0.2) is 42.5 Å². The molecule has 0 spiro atoms. The number of aryl methyl sites for hydroxylation is 2. The second kappa shape index (κ2) is 6.58. The number of benzene rings is 2. The normalized spacial score (nSPS) is 12.2. The van der Waals surface area contributed by atoms with Crippen LogP contribution in [0, 0.1) is 13.8 Å². The maximum absolute atomic E-state index is 5.45. The van der Waals surface area contributed by atoms with Crippen molar-refractivity contribution in [1.29, 1.82) is 0 Å². The minimum atomic E-state index is 0.203. The molecule has 20 heavy (non-hydrogen) atoms. The lowest BCUT2D eigenvalue weighted by Crippen LogP contribution is -2.22. The molecule has 0 aliphatic carbocycles. The molecule has 0 amide bonds. The Hall–Kier alpha value is -1.80. The number of methoxy groups -OCH3 is 1. The monoisotopic (exact) mass is 269 g/mol.